The first kappa shape index (κ1) is 16.0. The predicted octanol–water partition coefficient (Wildman–Crippen LogP) is 4.97. The molecule has 3 aromatic rings. The molecular weight excluding hydrogens is 340 g/mol. The Labute approximate surface area is 156 Å². The van der Waals surface area contributed by atoms with Gasteiger partial charge in [-0.2, -0.15) is 5.12 Å². The van der Waals surface area contributed by atoms with Crippen LogP contribution in [-0.4, -0.2) is 21.1 Å². The van der Waals surface area contributed by atoms with Crippen LogP contribution in [0, 0.1) is 11.8 Å². The zero-order valence-electron chi connectivity index (χ0n) is 15.1. The maximum Gasteiger partial charge on any atom is 0.132 e. The molecule has 1 saturated carbocycles. The fourth-order valence-corrected chi connectivity index (χ4v) is 3.98. The molecule has 3 heterocycles. The van der Waals surface area contributed by atoms with Gasteiger partial charge in [-0.25, -0.2) is 9.99 Å². The van der Waals surface area contributed by atoms with Gasteiger partial charge < -0.3 is 5.32 Å². The molecule has 1 aromatic carbocycles. The maximum absolute atomic E-state index is 11.4. The van der Waals surface area contributed by atoms with Gasteiger partial charge in [0.05, 0.1) is 34.4 Å². The van der Waals surface area contributed by atoms with Gasteiger partial charge in [-0.1, -0.05) is 31.0 Å². The smallest absolute Gasteiger partial charge is 0.132 e. The third kappa shape index (κ3) is 2.75. The van der Waals surface area contributed by atoms with Crippen LogP contribution in [0.4, 0.5) is 22.9 Å². The summed E-state index contributed by atoms with van der Waals surface area (Å²) >= 11 is 0. The van der Waals surface area contributed by atoms with Crippen LogP contribution >= 0.6 is 0 Å². The molecule has 1 N–H and O–H groups in total. The van der Waals surface area contributed by atoms with E-state index in [9.17, 15) is 4.91 Å². The molecule has 1 aliphatic carbocycles. The first-order chi connectivity index (χ1) is 13.2. The average Bonchev–Trinajstić information content (AvgIpc) is 3.10. The predicted molar refractivity (Wildman–Crippen MR) is 106 cm³/mol. The minimum atomic E-state index is 0.193. The normalized spacial score (nSPS) is 15.7. The van der Waals surface area contributed by atoms with Gasteiger partial charge in [-0.15, -0.1) is 4.91 Å². The Balaban J connectivity index is 1.42. The van der Waals surface area contributed by atoms with E-state index in [2.05, 4.69) is 20.6 Å². The number of rotatable bonds is 5. The van der Waals surface area contributed by atoms with Crippen molar-refractivity contribution < 1.29 is 0 Å². The van der Waals surface area contributed by atoms with Crippen molar-refractivity contribution >= 4 is 33.8 Å². The third-order valence-corrected chi connectivity index (χ3v) is 5.32. The summed E-state index contributed by atoms with van der Waals surface area (Å²) in [5.74, 6) is 0.740. The molecule has 5 rings (SSSR count). The highest BCUT2D eigenvalue weighted by Gasteiger charge is 2.40. The number of fused-ring (bicyclic) bond motifs is 2. The molecule has 7 heteroatoms. The summed E-state index contributed by atoms with van der Waals surface area (Å²) in [5.41, 5.74) is 4.80. The molecule has 0 atom stereocenters. The van der Waals surface area contributed by atoms with Crippen LogP contribution in [-0.2, 0) is 0 Å². The topological polar surface area (TPSA) is 73.5 Å². The van der Waals surface area contributed by atoms with Crippen molar-refractivity contribution in [3.8, 4) is 0 Å². The van der Waals surface area contributed by atoms with Crippen LogP contribution in [0.3, 0.4) is 0 Å². The Morgan fingerprint density at radius 3 is 2.81 bits per heavy atom. The maximum atomic E-state index is 11.4. The monoisotopic (exact) mass is 360 g/mol. The van der Waals surface area contributed by atoms with Gasteiger partial charge in [0.2, 0.25) is 0 Å². The fourth-order valence-electron chi connectivity index (χ4n) is 3.98. The second kappa shape index (κ2) is 6.19. The second-order valence-electron chi connectivity index (χ2n) is 7.16. The van der Waals surface area contributed by atoms with E-state index >= 15 is 0 Å². The molecule has 2 aromatic heterocycles. The Morgan fingerprint density at radius 1 is 1.19 bits per heavy atom. The lowest BCUT2D eigenvalue weighted by atomic mass is 10.1. The minimum Gasteiger partial charge on any atom is -0.340 e. The van der Waals surface area contributed by atoms with Gasteiger partial charge in [-0.05, 0) is 31.9 Å². The van der Waals surface area contributed by atoms with Crippen LogP contribution in [0.15, 0.2) is 47.9 Å². The van der Waals surface area contributed by atoms with Crippen molar-refractivity contribution in [2.75, 3.05) is 10.3 Å². The first-order valence-electron chi connectivity index (χ1n) is 9.30. The molecule has 0 unspecified atom stereocenters. The van der Waals surface area contributed by atoms with Crippen molar-refractivity contribution in [3.63, 3.8) is 0 Å². The Hall–Kier alpha value is -3.22. The van der Waals surface area contributed by atoms with Crippen molar-refractivity contribution in [2.24, 2.45) is 5.29 Å². The van der Waals surface area contributed by atoms with Crippen LogP contribution in [0.2, 0.25) is 0 Å². The van der Waals surface area contributed by atoms with Crippen molar-refractivity contribution in [1.29, 1.82) is 0 Å². The van der Waals surface area contributed by atoms with E-state index in [4.69, 9.17) is 0 Å². The van der Waals surface area contributed by atoms with Crippen LogP contribution in [0.1, 0.15) is 31.4 Å². The van der Waals surface area contributed by atoms with E-state index in [0.29, 0.717) is 0 Å². The van der Waals surface area contributed by atoms with Gasteiger partial charge in [0.15, 0.2) is 0 Å². The van der Waals surface area contributed by atoms with Crippen LogP contribution in [0.5, 0.6) is 0 Å². The summed E-state index contributed by atoms with van der Waals surface area (Å²) in [6.07, 6.45) is 6.12. The van der Waals surface area contributed by atoms with Crippen molar-refractivity contribution in [3.05, 3.63) is 53.2 Å². The molecule has 0 bridgehead atoms. The highest BCUT2D eigenvalue weighted by Crippen LogP contribution is 2.51. The van der Waals surface area contributed by atoms with Crippen LogP contribution in [0.25, 0.3) is 10.9 Å². The summed E-state index contributed by atoms with van der Waals surface area (Å²) in [7, 11) is 0. The number of hydrazine groups is 1. The van der Waals surface area contributed by atoms with Gasteiger partial charge in [0.1, 0.15) is 11.5 Å². The summed E-state index contributed by atoms with van der Waals surface area (Å²) in [6.45, 7) is 1.98. The Bertz CT molecular complexity index is 1030. The number of aromatic nitrogens is 2. The van der Waals surface area contributed by atoms with Crippen molar-refractivity contribution in [1.82, 2.24) is 15.1 Å². The van der Waals surface area contributed by atoms with E-state index in [1.807, 2.05) is 48.3 Å². The number of hydrogen-bond donors (Lipinski definition) is 1. The molecule has 1 fully saturated rings. The number of nitrogens with zero attached hydrogens (tertiary/aromatic N) is 5. The summed E-state index contributed by atoms with van der Waals surface area (Å²) in [6, 6.07) is 12.2. The number of nitrogens with one attached hydrogen (secondary N) is 1. The summed E-state index contributed by atoms with van der Waals surface area (Å²) in [5, 5.41) is 11.2. The van der Waals surface area contributed by atoms with Gasteiger partial charge in [0.25, 0.3) is 0 Å². The minimum absolute atomic E-state index is 0.193. The average molecular weight is 360 g/mol. The van der Waals surface area contributed by atoms with E-state index in [-0.39, 0.29) is 6.04 Å². The molecule has 7 nitrogen and oxygen atoms in total. The molecule has 0 radical (unpaired) electrons. The van der Waals surface area contributed by atoms with E-state index in [0.717, 1.165) is 65.2 Å². The van der Waals surface area contributed by atoms with E-state index in [1.54, 1.807) is 11.3 Å². The lowest BCUT2D eigenvalue weighted by Crippen LogP contribution is -2.34. The molecule has 136 valence electrons. The third-order valence-electron chi connectivity index (χ3n) is 5.32. The van der Waals surface area contributed by atoms with Gasteiger partial charge in [-0.3, -0.25) is 4.98 Å². The highest BCUT2D eigenvalue weighted by atomic mass is 16.3. The van der Waals surface area contributed by atoms with E-state index in [1.165, 1.54) is 0 Å². The van der Waals surface area contributed by atoms with Gasteiger partial charge in [0, 0.05) is 17.1 Å². The quantitative estimate of drug-likeness (QED) is 0.393. The lowest BCUT2D eigenvalue weighted by Gasteiger charge is -2.23. The zero-order valence-corrected chi connectivity index (χ0v) is 15.1. The number of anilines is 4. The molecule has 2 aliphatic rings. The summed E-state index contributed by atoms with van der Waals surface area (Å²) in [4.78, 5) is 20.5. The highest BCUT2D eigenvalue weighted by molar-refractivity contribution is 5.95. The number of benzene rings is 1. The summed E-state index contributed by atoms with van der Waals surface area (Å²) < 4.78 is 0. The van der Waals surface area contributed by atoms with Crippen molar-refractivity contribution in [2.45, 2.75) is 38.6 Å². The number of aryl methyl sites for hydroxylation is 1. The lowest BCUT2D eigenvalue weighted by molar-refractivity contribution is 0.221. The molecule has 27 heavy (non-hydrogen) atoms. The second-order valence-corrected chi connectivity index (χ2v) is 7.16. The first-order valence-corrected chi connectivity index (χ1v) is 9.30. The molecule has 1 aliphatic heterocycles. The number of pyridine rings is 2. The largest absolute Gasteiger partial charge is 0.340 e. The SMILES string of the molecule is Cc1cc(Nc2cc3c(cn2)N3N(N=O)C2CCCC2)c2ccccc2n1. The molecule has 0 saturated heterocycles. The number of hydrogen-bond acceptors (Lipinski definition) is 6. The fraction of sp³-hybridized carbons (Fsp3) is 0.300. The molecular formula is C20H20N6O. The number of nitroso groups, excluding NO2 is 1. The number of para-hydroxylation sites is 1. The zero-order chi connectivity index (χ0) is 18.4. The molecule has 0 amide bonds. The Morgan fingerprint density at radius 2 is 2.00 bits per heavy atom. The Kier molecular flexibility index (Phi) is 3.67. The van der Waals surface area contributed by atoms with Crippen LogP contribution < -0.4 is 10.3 Å². The van der Waals surface area contributed by atoms with Gasteiger partial charge >= 0.3 is 0 Å². The standard InChI is InChI=1S/C20H20N6O/c1-13-10-17(15-8-4-5-9-16(15)22-13)23-20-11-18-19(12-21-20)25(18)26(24-27)14-6-2-3-7-14/h4-5,8-12,14H,2-3,6-7H2,1H3,(H,21,22,23). The molecule has 0 spiro atoms. The van der Waals surface area contributed by atoms with E-state index < -0.39 is 0 Å².